The molecule has 0 aliphatic carbocycles. The molecule has 5 nitrogen and oxygen atoms in total. The van der Waals surface area contributed by atoms with E-state index in [0.29, 0.717) is 21.1 Å². The molecule has 2 aromatic rings. The Hall–Kier alpha value is -1.53. The zero-order valence-electron chi connectivity index (χ0n) is 11.0. The number of nitrogens with one attached hydrogen (secondary N) is 1. The van der Waals surface area contributed by atoms with Crippen molar-refractivity contribution in [2.75, 3.05) is 11.9 Å². The maximum atomic E-state index is 11.8. The molecule has 20 heavy (non-hydrogen) atoms. The van der Waals surface area contributed by atoms with Crippen LogP contribution < -0.4 is 10.1 Å². The molecule has 0 atom stereocenters. The molecule has 0 aliphatic heterocycles. The van der Waals surface area contributed by atoms with Gasteiger partial charge in [0, 0.05) is 18.1 Å². The van der Waals surface area contributed by atoms with Crippen molar-refractivity contribution in [3.63, 3.8) is 0 Å². The van der Waals surface area contributed by atoms with Gasteiger partial charge in [0.05, 0.1) is 10.2 Å². The van der Waals surface area contributed by atoms with Crippen LogP contribution in [0.15, 0.2) is 28.7 Å². The molecule has 1 heterocycles. The molecule has 1 N–H and O–H groups in total. The molecule has 0 bridgehead atoms. The van der Waals surface area contributed by atoms with Gasteiger partial charge in [-0.05, 0) is 41.1 Å². The van der Waals surface area contributed by atoms with Gasteiger partial charge in [-0.25, -0.2) is 0 Å². The van der Waals surface area contributed by atoms with E-state index in [9.17, 15) is 4.79 Å². The van der Waals surface area contributed by atoms with Crippen LogP contribution in [0.25, 0.3) is 0 Å². The molecule has 0 radical (unpaired) electrons. The van der Waals surface area contributed by atoms with E-state index >= 15 is 0 Å². The largest absolute Gasteiger partial charge is 0.483 e. The molecule has 106 valence electrons. The second-order valence-corrected chi connectivity index (χ2v) is 5.50. The minimum Gasteiger partial charge on any atom is -0.483 e. The summed E-state index contributed by atoms with van der Waals surface area (Å²) in [6.07, 6.45) is 0. The number of anilines is 1. The van der Waals surface area contributed by atoms with Crippen molar-refractivity contribution in [3.8, 4) is 5.75 Å². The van der Waals surface area contributed by atoms with Crippen molar-refractivity contribution in [1.29, 1.82) is 0 Å². The number of hydrogen-bond donors (Lipinski definition) is 1. The minimum atomic E-state index is -0.255. The van der Waals surface area contributed by atoms with Crippen molar-refractivity contribution in [2.45, 2.75) is 6.92 Å². The summed E-state index contributed by atoms with van der Waals surface area (Å²) in [6, 6.07) is 6.90. The summed E-state index contributed by atoms with van der Waals surface area (Å²) < 4.78 is 7.73. The third-order valence-electron chi connectivity index (χ3n) is 2.52. The normalized spacial score (nSPS) is 10.4. The number of amides is 1. The molecular weight excluding hydrogens is 346 g/mol. The number of benzene rings is 1. The maximum Gasteiger partial charge on any atom is 0.263 e. The summed E-state index contributed by atoms with van der Waals surface area (Å²) in [6.45, 7) is 1.77. The first-order valence-corrected chi connectivity index (χ1v) is 7.01. The number of halogens is 2. The summed E-state index contributed by atoms with van der Waals surface area (Å²) in [5, 5.41) is 7.47. The number of ether oxygens (including phenoxy) is 1. The van der Waals surface area contributed by atoms with Gasteiger partial charge in [-0.15, -0.1) is 0 Å². The molecule has 1 aromatic carbocycles. The average Bonchev–Trinajstić information content (AvgIpc) is 2.66. The van der Waals surface area contributed by atoms with Crippen LogP contribution in [0.3, 0.4) is 0 Å². The molecule has 7 heteroatoms. The number of aryl methyl sites for hydroxylation is 2. The number of nitrogens with zero attached hydrogens (tertiary/aromatic N) is 2. The van der Waals surface area contributed by atoms with E-state index in [2.05, 4.69) is 26.3 Å². The predicted molar refractivity (Wildman–Crippen MR) is 81.2 cm³/mol. The summed E-state index contributed by atoms with van der Waals surface area (Å²) in [4.78, 5) is 11.8. The van der Waals surface area contributed by atoms with Crippen molar-refractivity contribution < 1.29 is 9.53 Å². The Bertz CT molecular complexity index is 643. The van der Waals surface area contributed by atoms with E-state index in [0.717, 1.165) is 5.69 Å². The highest BCUT2D eigenvalue weighted by Gasteiger charge is 2.09. The molecule has 0 fully saturated rings. The minimum absolute atomic E-state index is 0.0928. The highest BCUT2D eigenvalue weighted by molar-refractivity contribution is 9.10. The Morgan fingerprint density at radius 3 is 2.85 bits per heavy atom. The first-order valence-electron chi connectivity index (χ1n) is 5.84. The third kappa shape index (κ3) is 3.74. The lowest BCUT2D eigenvalue weighted by molar-refractivity contribution is -0.118. The van der Waals surface area contributed by atoms with E-state index in [1.807, 2.05) is 6.92 Å². The van der Waals surface area contributed by atoms with Gasteiger partial charge >= 0.3 is 0 Å². The van der Waals surface area contributed by atoms with Crippen LogP contribution in [-0.2, 0) is 11.8 Å². The van der Waals surface area contributed by atoms with E-state index in [-0.39, 0.29) is 12.5 Å². The van der Waals surface area contributed by atoms with Gasteiger partial charge in [-0.1, -0.05) is 11.6 Å². The summed E-state index contributed by atoms with van der Waals surface area (Å²) in [5.41, 5.74) is 0.837. The van der Waals surface area contributed by atoms with Gasteiger partial charge in [0.15, 0.2) is 6.61 Å². The van der Waals surface area contributed by atoms with Crippen LogP contribution in [0.1, 0.15) is 5.69 Å². The van der Waals surface area contributed by atoms with E-state index < -0.39 is 0 Å². The maximum absolute atomic E-state index is 11.8. The van der Waals surface area contributed by atoms with Crippen molar-refractivity contribution in [2.24, 2.45) is 7.05 Å². The molecule has 0 saturated carbocycles. The number of carbonyl (C=O) groups is 1. The molecule has 0 spiro atoms. The van der Waals surface area contributed by atoms with Crippen LogP contribution in [-0.4, -0.2) is 22.3 Å². The topological polar surface area (TPSA) is 56.1 Å². The Balaban J connectivity index is 1.94. The number of carbonyl (C=O) groups excluding carboxylic acids is 1. The van der Waals surface area contributed by atoms with Crippen molar-refractivity contribution in [1.82, 2.24) is 9.78 Å². The summed E-state index contributed by atoms with van der Waals surface area (Å²) >= 11 is 9.16. The SMILES string of the molecule is Cc1cc(NC(=O)COc2ccc(Cl)cc2Br)n(C)n1. The lowest BCUT2D eigenvalue weighted by Crippen LogP contribution is -2.21. The molecule has 2 rings (SSSR count). The fourth-order valence-corrected chi connectivity index (χ4v) is 2.44. The van der Waals surface area contributed by atoms with Crippen LogP contribution in [0.2, 0.25) is 5.02 Å². The highest BCUT2D eigenvalue weighted by atomic mass is 79.9. The number of aromatic nitrogens is 2. The van der Waals surface area contributed by atoms with E-state index in [4.69, 9.17) is 16.3 Å². The molecule has 1 amide bonds. The first kappa shape index (κ1) is 14.9. The van der Waals surface area contributed by atoms with Gasteiger partial charge in [-0.2, -0.15) is 5.10 Å². The zero-order valence-corrected chi connectivity index (χ0v) is 13.3. The second-order valence-electron chi connectivity index (χ2n) is 4.21. The highest BCUT2D eigenvalue weighted by Crippen LogP contribution is 2.27. The van der Waals surface area contributed by atoms with E-state index in [1.165, 1.54) is 0 Å². The van der Waals surface area contributed by atoms with Crippen molar-refractivity contribution >= 4 is 39.3 Å². The predicted octanol–water partition coefficient (Wildman–Crippen LogP) is 3.16. The molecule has 1 aromatic heterocycles. The van der Waals surface area contributed by atoms with Crippen LogP contribution >= 0.6 is 27.5 Å². The fraction of sp³-hybridized carbons (Fsp3) is 0.231. The Labute approximate surface area is 130 Å². The lowest BCUT2D eigenvalue weighted by atomic mass is 10.3. The van der Waals surface area contributed by atoms with E-state index in [1.54, 1.807) is 36.0 Å². The lowest BCUT2D eigenvalue weighted by Gasteiger charge is -2.09. The van der Waals surface area contributed by atoms with Gasteiger partial charge in [-0.3, -0.25) is 9.48 Å². The quantitative estimate of drug-likeness (QED) is 0.913. The van der Waals surface area contributed by atoms with Crippen molar-refractivity contribution in [3.05, 3.63) is 39.5 Å². The van der Waals surface area contributed by atoms with Gasteiger partial charge in [0.1, 0.15) is 11.6 Å². The molecular formula is C13H13BrClN3O2. The van der Waals surface area contributed by atoms with Gasteiger partial charge in [0.25, 0.3) is 5.91 Å². The van der Waals surface area contributed by atoms with Crippen LogP contribution in [0.4, 0.5) is 5.82 Å². The van der Waals surface area contributed by atoms with Crippen LogP contribution in [0.5, 0.6) is 5.75 Å². The Morgan fingerprint density at radius 1 is 1.50 bits per heavy atom. The zero-order chi connectivity index (χ0) is 14.7. The second kappa shape index (κ2) is 6.28. The molecule has 0 aliphatic rings. The fourth-order valence-electron chi connectivity index (χ4n) is 1.64. The van der Waals surface area contributed by atoms with Crippen LogP contribution in [0, 0.1) is 6.92 Å². The third-order valence-corrected chi connectivity index (χ3v) is 3.38. The Morgan fingerprint density at radius 2 is 2.25 bits per heavy atom. The number of hydrogen-bond acceptors (Lipinski definition) is 3. The number of rotatable bonds is 4. The molecule has 0 unspecified atom stereocenters. The molecule has 0 saturated heterocycles. The Kier molecular flexibility index (Phi) is 4.67. The average molecular weight is 359 g/mol. The standard InChI is InChI=1S/C13H13BrClN3O2/c1-8-5-12(18(2)17-8)16-13(19)7-20-11-4-3-9(15)6-10(11)14/h3-6H,7H2,1-2H3,(H,16,19). The first-order chi connectivity index (χ1) is 9.45. The monoisotopic (exact) mass is 357 g/mol. The smallest absolute Gasteiger partial charge is 0.263 e. The summed E-state index contributed by atoms with van der Waals surface area (Å²) in [7, 11) is 1.76. The van der Waals surface area contributed by atoms with Gasteiger partial charge < -0.3 is 10.1 Å². The van der Waals surface area contributed by atoms with Gasteiger partial charge in [0.2, 0.25) is 0 Å². The summed E-state index contributed by atoms with van der Waals surface area (Å²) in [5.74, 6) is 0.937.